The molecule has 0 aliphatic rings. The molecule has 0 radical (unpaired) electrons. The van der Waals surface area contributed by atoms with Crippen LogP contribution in [0.1, 0.15) is 16.1 Å². The summed E-state index contributed by atoms with van der Waals surface area (Å²) in [4.78, 5) is 5.42. The summed E-state index contributed by atoms with van der Waals surface area (Å²) in [5.41, 5.74) is 1.04. The smallest absolute Gasteiger partial charge is 0.237 e. The highest BCUT2D eigenvalue weighted by atomic mass is 32.2. The lowest BCUT2D eigenvalue weighted by atomic mass is 10.1. The Morgan fingerprint density at radius 2 is 1.78 bits per heavy atom. The molecule has 0 N–H and O–H groups in total. The van der Waals surface area contributed by atoms with Gasteiger partial charge in [0.25, 0.3) is 0 Å². The summed E-state index contributed by atoms with van der Waals surface area (Å²) < 4.78 is 39.0. The number of thioether (sulfide) groups is 1. The average molecular weight is 351 g/mol. The molecular formula is C17H12F3NS2. The Hall–Kier alpha value is -1.79. The first-order chi connectivity index (χ1) is 11.0. The van der Waals surface area contributed by atoms with E-state index in [1.807, 2.05) is 36.6 Å². The number of hydrogen-bond donors (Lipinski definition) is 0. The summed E-state index contributed by atoms with van der Waals surface area (Å²) in [7, 11) is 0. The zero-order valence-electron chi connectivity index (χ0n) is 12.1. The van der Waals surface area contributed by atoms with Gasteiger partial charge in [0, 0.05) is 4.91 Å². The van der Waals surface area contributed by atoms with E-state index in [9.17, 15) is 13.2 Å². The summed E-state index contributed by atoms with van der Waals surface area (Å²) in [6.45, 7) is 0. The van der Waals surface area contributed by atoms with E-state index in [2.05, 4.69) is 4.98 Å². The van der Waals surface area contributed by atoms with E-state index in [4.69, 9.17) is 0 Å². The van der Waals surface area contributed by atoms with E-state index in [1.54, 1.807) is 11.3 Å². The number of para-hydroxylation sites is 1. The van der Waals surface area contributed by atoms with E-state index < -0.39 is 11.7 Å². The minimum atomic E-state index is -4.31. The summed E-state index contributed by atoms with van der Waals surface area (Å²) in [5.74, 6) is 0. The van der Waals surface area contributed by atoms with E-state index >= 15 is 0 Å². The fourth-order valence-electron chi connectivity index (χ4n) is 2.15. The largest absolute Gasteiger partial charge is 0.416 e. The molecule has 118 valence electrons. The topological polar surface area (TPSA) is 12.9 Å². The number of hydrogen-bond acceptors (Lipinski definition) is 3. The van der Waals surface area contributed by atoms with Crippen molar-refractivity contribution in [3.63, 3.8) is 0 Å². The molecule has 6 heteroatoms. The maximum Gasteiger partial charge on any atom is 0.416 e. The van der Waals surface area contributed by atoms with Gasteiger partial charge in [0.05, 0.1) is 15.8 Å². The Labute approximate surface area is 139 Å². The Balaban J connectivity index is 1.95. The Morgan fingerprint density at radius 1 is 1.09 bits per heavy atom. The molecule has 1 aromatic heterocycles. The minimum Gasteiger partial charge on any atom is -0.237 e. The van der Waals surface area contributed by atoms with Crippen molar-refractivity contribution in [1.82, 2.24) is 4.98 Å². The number of benzene rings is 2. The molecule has 0 aliphatic heterocycles. The van der Waals surface area contributed by atoms with Crippen molar-refractivity contribution < 1.29 is 13.2 Å². The fourth-order valence-corrected chi connectivity index (χ4v) is 3.73. The van der Waals surface area contributed by atoms with Crippen LogP contribution in [0.3, 0.4) is 0 Å². The lowest BCUT2D eigenvalue weighted by Gasteiger charge is -2.08. The molecule has 1 nitrogen and oxygen atoms in total. The number of rotatable bonds is 3. The first-order valence-corrected chi connectivity index (χ1v) is 8.80. The molecule has 0 saturated carbocycles. The van der Waals surface area contributed by atoms with Crippen molar-refractivity contribution in [2.75, 3.05) is 6.26 Å². The summed E-state index contributed by atoms with van der Waals surface area (Å²) in [5, 5.41) is 0.843. The average Bonchev–Trinajstić information content (AvgIpc) is 2.94. The predicted octanol–water partition coefficient (Wildman–Crippen LogP) is 6.18. The molecular weight excluding hydrogens is 339 g/mol. The molecule has 0 amide bonds. The van der Waals surface area contributed by atoms with Crippen molar-refractivity contribution in [1.29, 1.82) is 0 Å². The van der Waals surface area contributed by atoms with Gasteiger partial charge in [-0.1, -0.05) is 24.3 Å². The number of aromatic nitrogens is 1. The van der Waals surface area contributed by atoms with Crippen molar-refractivity contribution >= 4 is 44.3 Å². The van der Waals surface area contributed by atoms with Crippen molar-refractivity contribution in [3.8, 4) is 0 Å². The van der Waals surface area contributed by atoms with Crippen LogP contribution in [-0.2, 0) is 6.18 Å². The van der Waals surface area contributed by atoms with E-state index in [1.165, 1.54) is 23.9 Å². The van der Waals surface area contributed by atoms with Crippen LogP contribution < -0.4 is 0 Å². The van der Waals surface area contributed by atoms with Crippen LogP contribution in [0.2, 0.25) is 0 Å². The minimum absolute atomic E-state index is 0.637. The van der Waals surface area contributed by atoms with Gasteiger partial charge >= 0.3 is 6.18 Å². The number of fused-ring (bicyclic) bond motifs is 1. The molecule has 0 saturated heterocycles. The third-order valence-electron chi connectivity index (χ3n) is 3.28. The zero-order chi connectivity index (χ0) is 16.4. The highest BCUT2D eigenvalue weighted by Gasteiger charge is 2.30. The molecule has 3 aromatic rings. The first-order valence-electron chi connectivity index (χ1n) is 6.76. The molecule has 2 aromatic carbocycles. The molecule has 0 atom stereocenters. The maximum absolute atomic E-state index is 12.6. The van der Waals surface area contributed by atoms with Crippen LogP contribution >= 0.6 is 23.1 Å². The van der Waals surface area contributed by atoms with Gasteiger partial charge in [-0.3, -0.25) is 0 Å². The number of halogens is 3. The lowest BCUT2D eigenvalue weighted by molar-refractivity contribution is -0.137. The van der Waals surface area contributed by atoms with Gasteiger partial charge in [-0.05, 0) is 42.2 Å². The van der Waals surface area contributed by atoms with Gasteiger partial charge in [-0.15, -0.1) is 23.1 Å². The highest BCUT2D eigenvalue weighted by molar-refractivity contribution is 8.07. The second-order valence-corrected chi connectivity index (χ2v) is 6.72. The standard InChI is InChI=1S/C17H12F3NS2/c1-22-15(11-6-8-12(9-7-11)17(18,19)20)10-16-21-13-4-2-3-5-14(13)23-16/h2-10H,1H3/b15-10+. The molecule has 0 fully saturated rings. The Kier molecular flexibility index (Phi) is 4.46. The van der Waals surface area contributed by atoms with Crippen molar-refractivity contribution in [2.45, 2.75) is 6.18 Å². The third-order valence-corrected chi connectivity index (χ3v) is 5.06. The summed E-state index contributed by atoms with van der Waals surface area (Å²) >= 11 is 3.05. The second-order valence-electron chi connectivity index (χ2n) is 4.81. The van der Waals surface area contributed by atoms with Crippen molar-refractivity contribution in [3.05, 3.63) is 64.7 Å². The Morgan fingerprint density at radius 3 is 2.39 bits per heavy atom. The predicted molar refractivity (Wildman–Crippen MR) is 92.5 cm³/mol. The SMILES string of the molecule is CS/C(=C/c1nc2ccccc2s1)c1ccc(C(F)(F)F)cc1. The molecule has 0 unspecified atom stereocenters. The molecule has 0 spiro atoms. The van der Waals surface area contributed by atoms with Gasteiger partial charge < -0.3 is 0 Å². The van der Waals surface area contributed by atoms with Gasteiger partial charge in [-0.2, -0.15) is 13.2 Å². The molecule has 0 bridgehead atoms. The molecule has 1 heterocycles. The van der Waals surface area contributed by atoms with Crippen LogP contribution in [0.4, 0.5) is 13.2 Å². The van der Waals surface area contributed by atoms with E-state index in [0.717, 1.165) is 37.8 Å². The quantitative estimate of drug-likeness (QED) is 0.559. The van der Waals surface area contributed by atoms with Gasteiger partial charge in [0.1, 0.15) is 5.01 Å². The van der Waals surface area contributed by atoms with E-state index in [-0.39, 0.29) is 0 Å². The second kappa shape index (κ2) is 6.37. The number of alkyl halides is 3. The van der Waals surface area contributed by atoms with Gasteiger partial charge in [0.2, 0.25) is 0 Å². The monoisotopic (exact) mass is 351 g/mol. The highest BCUT2D eigenvalue weighted by Crippen LogP contribution is 2.34. The molecule has 23 heavy (non-hydrogen) atoms. The van der Waals surface area contributed by atoms with Crippen LogP contribution in [0.15, 0.2) is 48.5 Å². The molecule has 3 rings (SSSR count). The van der Waals surface area contributed by atoms with Gasteiger partial charge in [-0.25, -0.2) is 4.98 Å². The van der Waals surface area contributed by atoms with Crippen LogP contribution in [0.5, 0.6) is 0 Å². The van der Waals surface area contributed by atoms with Crippen molar-refractivity contribution in [2.24, 2.45) is 0 Å². The Bertz CT molecular complexity index is 815. The van der Waals surface area contributed by atoms with Crippen LogP contribution in [0, 0.1) is 0 Å². The van der Waals surface area contributed by atoms with Crippen LogP contribution in [-0.4, -0.2) is 11.2 Å². The van der Waals surface area contributed by atoms with Gasteiger partial charge in [0.15, 0.2) is 0 Å². The third kappa shape index (κ3) is 3.59. The summed E-state index contributed by atoms with van der Waals surface area (Å²) in [6, 6.07) is 13.0. The maximum atomic E-state index is 12.6. The number of thiazole rings is 1. The number of nitrogens with zero attached hydrogens (tertiary/aromatic N) is 1. The lowest BCUT2D eigenvalue weighted by Crippen LogP contribution is -2.04. The van der Waals surface area contributed by atoms with E-state index in [0.29, 0.717) is 0 Å². The zero-order valence-corrected chi connectivity index (χ0v) is 13.7. The van der Waals surface area contributed by atoms with Crippen LogP contribution in [0.25, 0.3) is 21.2 Å². The normalized spacial score (nSPS) is 12.8. The summed E-state index contributed by atoms with van der Waals surface area (Å²) in [6.07, 6.45) is -0.496. The fraction of sp³-hybridized carbons (Fsp3) is 0.118. The molecule has 0 aliphatic carbocycles. The first kappa shape index (κ1) is 16.1.